The zero-order valence-corrected chi connectivity index (χ0v) is 14.5. The number of ether oxygens (including phenoxy) is 2. The van der Waals surface area contributed by atoms with Gasteiger partial charge in [0.15, 0.2) is 0 Å². The lowest BCUT2D eigenvalue weighted by Gasteiger charge is -2.10. The number of carbonyl (C=O) groups is 2. The predicted octanol–water partition coefficient (Wildman–Crippen LogP) is 4.48. The number of amides is 1. The Morgan fingerprint density at radius 2 is 1.71 bits per heavy atom. The van der Waals surface area contributed by atoms with E-state index in [1.807, 2.05) is 6.92 Å². The van der Waals surface area contributed by atoms with Crippen LogP contribution in [0, 0.1) is 0 Å². The molecule has 1 aromatic carbocycles. The van der Waals surface area contributed by atoms with Gasteiger partial charge in [-0.1, -0.05) is 39.5 Å². The van der Waals surface area contributed by atoms with Crippen LogP contribution in [0.2, 0.25) is 0 Å². The molecule has 0 saturated heterocycles. The predicted molar refractivity (Wildman–Crippen MR) is 92.4 cm³/mol. The molecule has 0 aliphatic heterocycles. The SMILES string of the molecule is CCCCCCOC(=O)Nc1ccc(C(=O)OCCCC)cc1O. The van der Waals surface area contributed by atoms with Gasteiger partial charge in [-0.25, -0.2) is 9.59 Å². The summed E-state index contributed by atoms with van der Waals surface area (Å²) < 4.78 is 10.1. The lowest BCUT2D eigenvalue weighted by molar-refractivity contribution is 0.0499. The number of nitrogens with one attached hydrogen (secondary N) is 1. The maximum absolute atomic E-state index is 11.8. The highest BCUT2D eigenvalue weighted by Crippen LogP contribution is 2.25. The largest absolute Gasteiger partial charge is 0.506 e. The van der Waals surface area contributed by atoms with Crippen LogP contribution in [0.3, 0.4) is 0 Å². The van der Waals surface area contributed by atoms with Crippen LogP contribution in [-0.4, -0.2) is 30.4 Å². The van der Waals surface area contributed by atoms with Crippen LogP contribution in [0.25, 0.3) is 0 Å². The van der Waals surface area contributed by atoms with Crippen molar-refractivity contribution >= 4 is 17.7 Å². The molecule has 1 rings (SSSR count). The number of hydrogen-bond donors (Lipinski definition) is 2. The molecule has 0 spiro atoms. The standard InChI is InChI=1S/C18H27NO5/c1-3-5-7-8-12-24-18(22)19-15-10-9-14(13-16(15)20)17(21)23-11-6-4-2/h9-10,13,20H,3-8,11-12H2,1-2H3,(H,19,22). The number of hydrogen-bond acceptors (Lipinski definition) is 5. The molecule has 1 amide bonds. The van der Waals surface area contributed by atoms with Gasteiger partial charge in [0.1, 0.15) is 5.75 Å². The zero-order chi connectivity index (χ0) is 17.8. The van der Waals surface area contributed by atoms with Gasteiger partial charge in [-0.2, -0.15) is 0 Å². The first kappa shape index (κ1) is 19.8. The van der Waals surface area contributed by atoms with Gasteiger partial charge in [0.25, 0.3) is 0 Å². The summed E-state index contributed by atoms with van der Waals surface area (Å²) in [4.78, 5) is 23.4. The Hall–Kier alpha value is -2.24. The summed E-state index contributed by atoms with van der Waals surface area (Å²) in [6, 6.07) is 4.21. The van der Waals surface area contributed by atoms with Crippen LogP contribution >= 0.6 is 0 Å². The van der Waals surface area contributed by atoms with E-state index in [-0.39, 0.29) is 17.0 Å². The first-order valence-corrected chi connectivity index (χ1v) is 8.52. The summed E-state index contributed by atoms with van der Waals surface area (Å²) in [5.74, 6) is -0.702. The Bertz CT molecular complexity index is 530. The molecule has 0 saturated carbocycles. The van der Waals surface area contributed by atoms with Crippen LogP contribution < -0.4 is 5.32 Å². The molecule has 0 aliphatic carbocycles. The van der Waals surface area contributed by atoms with Gasteiger partial charge in [-0.05, 0) is 31.0 Å². The van der Waals surface area contributed by atoms with E-state index >= 15 is 0 Å². The van der Waals surface area contributed by atoms with Crippen molar-refractivity contribution in [1.29, 1.82) is 0 Å². The number of esters is 1. The fourth-order valence-corrected chi connectivity index (χ4v) is 2.00. The second-order valence-electron chi connectivity index (χ2n) is 5.54. The van der Waals surface area contributed by atoms with Gasteiger partial charge in [0, 0.05) is 0 Å². The van der Waals surface area contributed by atoms with Crippen LogP contribution in [-0.2, 0) is 9.47 Å². The maximum Gasteiger partial charge on any atom is 0.411 e. The third-order valence-corrected chi connectivity index (χ3v) is 3.43. The summed E-state index contributed by atoms with van der Waals surface area (Å²) in [6.07, 6.45) is 5.16. The minimum Gasteiger partial charge on any atom is -0.506 e. The van der Waals surface area contributed by atoms with Gasteiger partial charge in [0.2, 0.25) is 0 Å². The van der Waals surface area contributed by atoms with E-state index in [1.165, 1.54) is 18.2 Å². The Kier molecular flexibility index (Phi) is 9.34. The van der Waals surface area contributed by atoms with E-state index in [9.17, 15) is 14.7 Å². The third kappa shape index (κ3) is 7.35. The van der Waals surface area contributed by atoms with E-state index in [1.54, 1.807) is 0 Å². The molecule has 0 unspecified atom stereocenters. The van der Waals surface area contributed by atoms with Crippen molar-refractivity contribution in [2.45, 2.75) is 52.4 Å². The van der Waals surface area contributed by atoms with E-state index in [0.29, 0.717) is 13.2 Å². The topological polar surface area (TPSA) is 84.9 Å². The Morgan fingerprint density at radius 1 is 1.00 bits per heavy atom. The quantitative estimate of drug-likeness (QED) is 0.373. The summed E-state index contributed by atoms with van der Waals surface area (Å²) >= 11 is 0. The van der Waals surface area contributed by atoms with Gasteiger partial charge in [-0.15, -0.1) is 0 Å². The minimum atomic E-state index is -0.625. The average Bonchev–Trinajstić information content (AvgIpc) is 2.56. The van der Waals surface area contributed by atoms with Crippen molar-refractivity contribution in [3.8, 4) is 5.75 Å². The third-order valence-electron chi connectivity index (χ3n) is 3.43. The minimum absolute atomic E-state index is 0.193. The number of phenolic OH excluding ortho intramolecular Hbond substituents is 1. The molecule has 24 heavy (non-hydrogen) atoms. The Balaban J connectivity index is 2.46. The van der Waals surface area contributed by atoms with E-state index in [0.717, 1.165) is 38.5 Å². The van der Waals surface area contributed by atoms with E-state index in [2.05, 4.69) is 12.2 Å². The molecule has 0 aromatic heterocycles. The van der Waals surface area contributed by atoms with Gasteiger partial charge in [0.05, 0.1) is 24.5 Å². The van der Waals surface area contributed by atoms with Crippen LogP contribution in [0.4, 0.5) is 10.5 Å². The van der Waals surface area contributed by atoms with Gasteiger partial charge >= 0.3 is 12.1 Å². The highest BCUT2D eigenvalue weighted by Gasteiger charge is 2.12. The number of phenols is 1. The smallest absolute Gasteiger partial charge is 0.411 e. The van der Waals surface area contributed by atoms with Crippen molar-refractivity contribution < 1.29 is 24.2 Å². The van der Waals surface area contributed by atoms with Crippen molar-refractivity contribution in [2.24, 2.45) is 0 Å². The number of aromatic hydroxyl groups is 1. The van der Waals surface area contributed by atoms with Crippen molar-refractivity contribution in [3.05, 3.63) is 23.8 Å². The second-order valence-corrected chi connectivity index (χ2v) is 5.54. The molecule has 0 heterocycles. The molecule has 0 radical (unpaired) electrons. The molecule has 6 heteroatoms. The maximum atomic E-state index is 11.8. The van der Waals surface area contributed by atoms with Crippen molar-refractivity contribution in [3.63, 3.8) is 0 Å². The fourth-order valence-electron chi connectivity index (χ4n) is 2.00. The molecule has 0 aliphatic rings. The number of carbonyl (C=O) groups excluding carboxylic acids is 2. The van der Waals surface area contributed by atoms with Gasteiger partial charge in [-0.3, -0.25) is 5.32 Å². The van der Waals surface area contributed by atoms with Crippen molar-refractivity contribution in [1.82, 2.24) is 0 Å². The number of anilines is 1. The summed E-state index contributed by atoms with van der Waals surface area (Å²) in [5, 5.41) is 12.4. The lowest BCUT2D eigenvalue weighted by Crippen LogP contribution is -2.15. The van der Waals surface area contributed by atoms with Crippen LogP contribution in [0.15, 0.2) is 18.2 Å². The fraction of sp³-hybridized carbons (Fsp3) is 0.556. The Morgan fingerprint density at radius 3 is 2.38 bits per heavy atom. The first-order chi connectivity index (χ1) is 11.6. The van der Waals surface area contributed by atoms with E-state index < -0.39 is 12.1 Å². The van der Waals surface area contributed by atoms with Crippen LogP contribution in [0.1, 0.15) is 62.7 Å². The average molecular weight is 337 g/mol. The molecule has 0 bridgehead atoms. The molecular weight excluding hydrogens is 310 g/mol. The van der Waals surface area contributed by atoms with Crippen molar-refractivity contribution in [2.75, 3.05) is 18.5 Å². The molecular formula is C18H27NO5. The number of unbranched alkanes of at least 4 members (excludes halogenated alkanes) is 4. The number of rotatable bonds is 10. The molecule has 2 N–H and O–H groups in total. The molecule has 134 valence electrons. The monoisotopic (exact) mass is 337 g/mol. The summed E-state index contributed by atoms with van der Waals surface area (Å²) in [5.41, 5.74) is 0.431. The molecule has 0 fully saturated rings. The second kappa shape index (κ2) is 11.3. The van der Waals surface area contributed by atoms with Gasteiger partial charge < -0.3 is 14.6 Å². The summed E-state index contributed by atoms with van der Waals surface area (Å²) in [7, 11) is 0. The summed E-state index contributed by atoms with van der Waals surface area (Å²) in [6.45, 7) is 4.80. The highest BCUT2D eigenvalue weighted by molar-refractivity contribution is 5.92. The molecule has 6 nitrogen and oxygen atoms in total. The highest BCUT2D eigenvalue weighted by atomic mass is 16.5. The Labute approximate surface area is 143 Å². The lowest BCUT2D eigenvalue weighted by atomic mass is 10.2. The molecule has 0 atom stereocenters. The first-order valence-electron chi connectivity index (χ1n) is 8.52. The van der Waals surface area contributed by atoms with E-state index in [4.69, 9.17) is 9.47 Å². The van der Waals surface area contributed by atoms with Crippen LogP contribution in [0.5, 0.6) is 5.75 Å². The number of benzene rings is 1. The zero-order valence-electron chi connectivity index (χ0n) is 14.5. The molecule has 1 aromatic rings. The normalized spacial score (nSPS) is 10.2.